The molecule has 1 atom stereocenters. The molecule has 17 heavy (non-hydrogen) atoms. The molecule has 0 bridgehead atoms. The number of carboxylic acids is 2. The van der Waals surface area contributed by atoms with Gasteiger partial charge < -0.3 is 15.5 Å². The van der Waals surface area contributed by atoms with E-state index >= 15 is 0 Å². The minimum atomic E-state index is -1.11. The van der Waals surface area contributed by atoms with Gasteiger partial charge in [0.25, 0.3) is 0 Å². The number of aliphatic carboxylic acids is 2. The van der Waals surface area contributed by atoms with E-state index in [9.17, 15) is 14.4 Å². The Hall–Kier alpha value is -1.59. The van der Waals surface area contributed by atoms with Gasteiger partial charge in [-0.15, -0.1) is 0 Å². The fourth-order valence-corrected chi connectivity index (χ4v) is 1.67. The van der Waals surface area contributed by atoms with Crippen molar-refractivity contribution >= 4 is 17.8 Å². The van der Waals surface area contributed by atoms with E-state index in [0.29, 0.717) is 0 Å². The van der Waals surface area contributed by atoms with Crippen molar-refractivity contribution in [2.24, 2.45) is 5.92 Å². The van der Waals surface area contributed by atoms with Gasteiger partial charge in [0.1, 0.15) is 6.04 Å². The first-order valence-electron chi connectivity index (χ1n) is 5.75. The van der Waals surface area contributed by atoms with E-state index in [1.54, 1.807) is 0 Å². The smallest absolute Gasteiger partial charge is 0.326 e. The summed E-state index contributed by atoms with van der Waals surface area (Å²) in [5.74, 6) is -2.35. The van der Waals surface area contributed by atoms with Crippen molar-refractivity contribution < 1.29 is 24.6 Å². The number of carbonyl (C=O) groups is 3. The molecule has 3 N–H and O–H groups in total. The molecule has 0 aromatic rings. The molecule has 6 heteroatoms. The van der Waals surface area contributed by atoms with Gasteiger partial charge in [-0.05, 0) is 25.7 Å². The summed E-state index contributed by atoms with van der Waals surface area (Å²) in [5, 5.41) is 19.8. The molecule has 1 rings (SSSR count). The van der Waals surface area contributed by atoms with Gasteiger partial charge in [-0.3, -0.25) is 9.59 Å². The van der Waals surface area contributed by atoms with E-state index in [1.807, 2.05) is 0 Å². The Kier molecular flexibility index (Phi) is 4.93. The van der Waals surface area contributed by atoms with Gasteiger partial charge in [-0.2, -0.15) is 0 Å². The van der Waals surface area contributed by atoms with Crippen LogP contribution in [0.2, 0.25) is 0 Å². The van der Waals surface area contributed by atoms with Crippen LogP contribution in [0.4, 0.5) is 0 Å². The highest BCUT2D eigenvalue weighted by Gasteiger charge is 2.28. The summed E-state index contributed by atoms with van der Waals surface area (Å²) in [7, 11) is 0. The molecular weight excluding hydrogens is 226 g/mol. The Morgan fingerprint density at radius 1 is 1.24 bits per heavy atom. The third-order valence-corrected chi connectivity index (χ3v) is 2.97. The number of carboxylic acid groups (broad SMARTS) is 2. The Balaban J connectivity index is 2.34. The molecule has 1 aliphatic rings. The monoisotopic (exact) mass is 243 g/mol. The number of rotatable bonds is 7. The van der Waals surface area contributed by atoms with E-state index in [2.05, 4.69) is 5.32 Å². The van der Waals surface area contributed by atoms with Crippen LogP contribution in [0.5, 0.6) is 0 Å². The largest absolute Gasteiger partial charge is 0.481 e. The SMILES string of the molecule is O=C(O)CCC[C@@H](NC(=O)C1CCC1)C(=O)O. The molecule has 96 valence electrons. The van der Waals surface area contributed by atoms with Crippen LogP contribution in [-0.4, -0.2) is 34.1 Å². The second-order valence-corrected chi connectivity index (χ2v) is 4.31. The van der Waals surface area contributed by atoms with Crippen LogP contribution in [-0.2, 0) is 14.4 Å². The van der Waals surface area contributed by atoms with Crippen LogP contribution >= 0.6 is 0 Å². The molecule has 1 aliphatic carbocycles. The zero-order valence-electron chi connectivity index (χ0n) is 9.52. The van der Waals surface area contributed by atoms with Crippen molar-refractivity contribution in [1.82, 2.24) is 5.32 Å². The molecular formula is C11H17NO5. The summed E-state index contributed by atoms with van der Waals surface area (Å²) in [5.41, 5.74) is 0. The first-order chi connectivity index (χ1) is 8.00. The zero-order valence-corrected chi connectivity index (χ0v) is 9.52. The molecule has 1 saturated carbocycles. The molecule has 0 aromatic heterocycles. The number of hydrogen-bond donors (Lipinski definition) is 3. The standard InChI is InChI=1S/C11H17NO5/c13-9(14)6-2-5-8(11(16)17)12-10(15)7-3-1-4-7/h7-8H,1-6H2,(H,12,15)(H,13,14)(H,16,17)/t8-/m1/s1. The Morgan fingerprint density at radius 3 is 2.29 bits per heavy atom. The maximum absolute atomic E-state index is 11.5. The summed E-state index contributed by atoms with van der Waals surface area (Å²) in [6.45, 7) is 0. The quantitative estimate of drug-likeness (QED) is 0.607. The van der Waals surface area contributed by atoms with Crippen LogP contribution in [0.1, 0.15) is 38.5 Å². The molecule has 0 aromatic carbocycles. The lowest BCUT2D eigenvalue weighted by Gasteiger charge is -2.26. The fourth-order valence-electron chi connectivity index (χ4n) is 1.67. The highest BCUT2D eigenvalue weighted by atomic mass is 16.4. The number of hydrogen-bond acceptors (Lipinski definition) is 3. The van der Waals surface area contributed by atoms with Gasteiger partial charge in [0.15, 0.2) is 0 Å². The highest BCUT2D eigenvalue weighted by Crippen LogP contribution is 2.26. The zero-order chi connectivity index (χ0) is 12.8. The minimum Gasteiger partial charge on any atom is -0.481 e. The van der Waals surface area contributed by atoms with E-state index in [1.165, 1.54) is 0 Å². The highest BCUT2D eigenvalue weighted by molar-refractivity contribution is 5.85. The van der Waals surface area contributed by atoms with Gasteiger partial charge in [0.05, 0.1) is 0 Å². The van der Waals surface area contributed by atoms with Crippen molar-refractivity contribution in [1.29, 1.82) is 0 Å². The summed E-state index contributed by atoms with van der Waals surface area (Å²) >= 11 is 0. The van der Waals surface area contributed by atoms with Gasteiger partial charge in [-0.25, -0.2) is 4.79 Å². The van der Waals surface area contributed by atoms with Gasteiger partial charge in [0, 0.05) is 12.3 Å². The molecule has 0 aliphatic heterocycles. The molecule has 0 unspecified atom stereocenters. The summed E-state index contributed by atoms with van der Waals surface area (Å²) in [6.07, 6.45) is 2.95. The minimum absolute atomic E-state index is 0.0590. The molecule has 1 amide bonds. The van der Waals surface area contributed by atoms with E-state index < -0.39 is 18.0 Å². The van der Waals surface area contributed by atoms with E-state index in [0.717, 1.165) is 19.3 Å². The first-order valence-corrected chi connectivity index (χ1v) is 5.75. The summed E-state index contributed by atoms with van der Waals surface area (Å²) in [4.78, 5) is 32.7. The molecule has 0 saturated heterocycles. The molecule has 1 fully saturated rings. The lowest BCUT2D eigenvalue weighted by molar-refractivity contribution is -0.143. The summed E-state index contributed by atoms with van der Waals surface area (Å²) < 4.78 is 0. The lowest BCUT2D eigenvalue weighted by atomic mass is 9.84. The Morgan fingerprint density at radius 2 is 1.88 bits per heavy atom. The maximum atomic E-state index is 11.5. The number of nitrogens with one attached hydrogen (secondary N) is 1. The number of carbonyl (C=O) groups excluding carboxylic acids is 1. The van der Waals surface area contributed by atoms with Crippen molar-refractivity contribution in [2.45, 2.75) is 44.6 Å². The second kappa shape index (κ2) is 6.22. The average molecular weight is 243 g/mol. The maximum Gasteiger partial charge on any atom is 0.326 e. The van der Waals surface area contributed by atoms with Gasteiger partial charge >= 0.3 is 11.9 Å². The van der Waals surface area contributed by atoms with Crippen LogP contribution in [0.25, 0.3) is 0 Å². The third kappa shape index (κ3) is 4.42. The predicted octanol–water partition coefficient (Wildman–Crippen LogP) is 0.611. The van der Waals surface area contributed by atoms with Crippen LogP contribution in [0, 0.1) is 5.92 Å². The van der Waals surface area contributed by atoms with E-state index in [4.69, 9.17) is 10.2 Å². The van der Waals surface area contributed by atoms with Crippen molar-refractivity contribution in [3.8, 4) is 0 Å². The fraction of sp³-hybridized carbons (Fsp3) is 0.727. The third-order valence-electron chi connectivity index (χ3n) is 2.97. The van der Waals surface area contributed by atoms with Crippen molar-refractivity contribution in [3.05, 3.63) is 0 Å². The molecule has 0 radical (unpaired) electrons. The molecule has 0 heterocycles. The van der Waals surface area contributed by atoms with Gasteiger partial charge in [0.2, 0.25) is 5.91 Å². The van der Waals surface area contributed by atoms with Crippen LogP contribution in [0.15, 0.2) is 0 Å². The predicted molar refractivity (Wildman–Crippen MR) is 58.4 cm³/mol. The summed E-state index contributed by atoms with van der Waals surface area (Å²) in [6, 6.07) is -0.970. The normalized spacial score (nSPS) is 16.9. The topological polar surface area (TPSA) is 104 Å². The Bertz CT molecular complexity index is 311. The lowest BCUT2D eigenvalue weighted by Crippen LogP contribution is -2.45. The molecule has 6 nitrogen and oxygen atoms in total. The van der Waals surface area contributed by atoms with Gasteiger partial charge in [-0.1, -0.05) is 6.42 Å². The number of amides is 1. The van der Waals surface area contributed by atoms with Crippen LogP contribution < -0.4 is 5.32 Å². The van der Waals surface area contributed by atoms with Crippen LogP contribution in [0.3, 0.4) is 0 Å². The second-order valence-electron chi connectivity index (χ2n) is 4.31. The van der Waals surface area contributed by atoms with Crippen molar-refractivity contribution in [3.63, 3.8) is 0 Å². The average Bonchev–Trinajstić information content (AvgIpc) is 2.12. The molecule has 0 spiro atoms. The first kappa shape index (κ1) is 13.5. The van der Waals surface area contributed by atoms with Crippen molar-refractivity contribution in [2.75, 3.05) is 0 Å². The van der Waals surface area contributed by atoms with E-state index in [-0.39, 0.29) is 31.1 Å². The Labute approximate surface area is 99.0 Å².